The van der Waals surface area contributed by atoms with E-state index < -0.39 is 0 Å². The lowest BCUT2D eigenvalue weighted by Gasteiger charge is -2.16. The summed E-state index contributed by atoms with van der Waals surface area (Å²) in [6.45, 7) is 6.31. The van der Waals surface area contributed by atoms with Crippen molar-refractivity contribution in [3.63, 3.8) is 0 Å². The summed E-state index contributed by atoms with van der Waals surface area (Å²) >= 11 is 0. The SMILES string of the molecule is CCC(C)Nc1cc(C(=O)NC)ccc1C. The van der Waals surface area contributed by atoms with Crippen LogP contribution in [0.1, 0.15) is 36.2 Å². The van der Waals surface area contributed by atoms with E-state index in [0.29, 0.717) is 11.6 Å². The minimum Gasteiger partial charge on any atom is -0.382 e. The third-order valence-electron chi connectivity index (χ3n) is 2.74. The number of nitrogens with one attached hydrogen (secondary N) is 2. The minimum atomic E-state index is -0.0489. The number of aryl methyl sites for hydroxylation is 1. The van der Waals surface area contributed by atoms with Crippen LogP contribution in [-0.2, 0) is 0 Å². The lowest BCUT2D eigenvalue weighted by Crippen LogP contribution is -2.19. The maximum absolute atomic E-state index is 11.5. The van der Waals surface area contributed by atoms with Crippen LogP contribution in [0, 0.1) is 6.92 Å². The summed E-state index contributed by atoms with van der Waals surface area (Å²) in [7, 11) is 1.64. The summed E-state index contributed by atoms with van der Waals surface area (Å²) in [6, 6.07) is 6.13. The second-order valence-corrected chi connectivity index (χ2v) is 4.06. The van der Waals surface area contributed by atoms with Gasteiger partial charge in [0.15, 0.2) is 0 Å². The Bertz CT molecular complexity index is 374. The molecule has 0 spiro atoms. The molecule has 0 radical (unpaired) electrons. The number of amides is 1. The Morgan fingerprint density at radius 3 is 2.69 bits per heavy atom. The number of carbonyl (C=O) groups is 1. The first-order chi connectivity index (χ1) is 7.58. The molecule has 0 aliphatic carbocycles. The first kappa shape index (κ1) is 12.6. The van der Waals surface area contributed by atoms with Crippen molar-refractivity contribution in [2.24, 2.45) is 0 Å². The molecule has 0 bridgehead atoms. The van der Waals surface area contributed by atoms with Crippen molar-refractivity contribution in [2.45, 2.75) is 33.2 Å². The van der Waals surface area contributed by atoms with Crippen LogP contribution >= 0.6 is 0 Å². The second-order valence-electron chi connectivity index (χ2n) is 4.06. The number of carbonyl (C=O) groups excluding carboxylic acids is 1. The van der Waals surface area contributed by atoms with Gasteiger partial charge in [-0.15, -0.1) is 0 Å². The van der Waals surface area contributed by atoms with Crippen LogP contribution in [-0.4, -0.2) is 19.0 Å². The number of anilines is 1. The second kappa shape index (κ2) is 5.54. The first-order valence-corrected chi connectivity index (χ1v) is 5.67. The van der Waals surface area contributed by atoms with E-state index in [-0.39, 0.29) is 5.91 Å². The van der Waals surface area contributed by atoms with E-state index in [4.69, 9.17) is 0 Å². The molecule has 0 heterocycles. The number of hydrogen-bond donors (Lipinski definition) is 2. The van der Waals surface area contributed by atoms with Crippen molar-refractivity contribution < 1.29 is 4.79 Å². The van der Waals surface area contributed by atoms with Crippen molar-refractivity contribution in [3.05, 3.63) is 29.3 Å². The smallest absolute Gasteiger partial charge is 0.251 e. The van der Waals surface area contributed by atoms with Crippen LogP contribution < -0.4 is 10.6 Å². The largest absolute Gasteiger partial charge is 0.382 e. The van der Waals surface area contributed by atoms with Gasteiger partial charge in [-0.05, 0) is 38.0 Å². The fraction of sp³-hybridized carbons (Fsp3) is 0.462. The molecule has 16 heavy (non-hydrogen) atoms. The maximum atomic E-state index is 11.5. The fourth-order valence-electron chi connectivity index (χ4n) is 1.43. The molecule has 1 aromatic carbocycles. The molecule has 3 heteroatoms. The van der Waals surface area contributed by atoms with E-state index in [2.05, 4.69) is 24.5 Å². The van der Waals surface area contributed by atoms with Crippen LogP contribution in [0.4, 0.5) is 5.69 Å². The van der Waals surface area contributed by atoms with Crippen molar-refractivity contribution in [3.8, 4) is 0 Å². The van der Waals surface area contributed by atoms with Gasteiger partial charge in [-0.2, -0.15) is 0 Å². The van der Waals surface area contributed by atoms with Gasteiger partial charge in [-0.25, -0.2) is 0 Å². The van der Waals surface area contributed by atoms with E-state index in [9.17, 15) is 4.79 Å². The van der Waals surface area contributed by atoms with Gasteiger partial charge in [-0.1, -0.05) is 13.0 Å². The van der Waals surface area contributed by atoms with E-state index in [1.807, 2.05) is 25.1 Å². The maximum Gasteiger partial charge on any atom is 0.251 e. The van der Waals surface area contributed by atoms with Gasteiger partial charge < -0.3 is 10.6 Å². The predicted molar refractivity (Wildman–Crippen MR) is 67.9 cm³/mol. The highest BCUT2D eigenvalue weighted by Crippen LogP contribution is 2.18. The molecule has 1 atom stereocenters. The Balaban J connectivity index is 2.94. The van der Waals surface area contributed by atoms with Crippen LogP contribution in [0.15, 0.2) is 18.2 Å². The quantitative estimate of drug-likeness (QED) is 0.818. The topological polar surface area (TPSA) is 41.1 Å². The molecule has 0 saturated carbocycles. The molecule has 88 valence electrons. The van der Waals surface area contributed by atoms with Crippen LogP contribution in [0.2, 0.25) is 0 Å². The van der Waals surface area contributed by atoms with Gasteiger partial charge in [0, 0.05) is 24.3 Å². The first-order valence-electron chi connectivity index (χ1n) is 5.67. The summed E-state index contributed by atoms with van der Waals surface area (Å²) in [5.74, 6) is -0.0489. The van der Waals surface area contributed by atoms with E-state index >= 15 is 0 Å². The lowest BCUT2D eigenvalue weighted by molar-refractivity contribution is 0.0963. The number of hydrogen-bond acceptors (Lipinski definition) is 2. The van der Waals surface area contributed by atoms with Crippen LogP contribution in [0.5, 0.6) is 0 Å². The Morgan fingerprint density at radius 1 is 1.44 bits per heavy atom. The van der Waals surface area contributed by atoms with Crippen molar-refractivity contribution in [2.75, 3.05) is 12.4 Å². The average Bonchev–Trinajstić information content (AvgIpc) is 2.30. The summed E-state index contributed by atoms with van der Waals surface area (Å²) in [4.78, 5) is 11.5. The molecule has 0 aliphatic heterocycles. The molecule has 0 saturated heterocycles. The molecule has 1 amide bonds. The van der Waals surface area contributed by atoms with E-state index in [1.54, 1.807) is 7.05 Å². The normalized spacial score (nSPS) is 12.0. The zero-order chi connectivity index (χ0) is 12.1. The van der Waals surface area contributed by atoms with Gasteiger partial charge in [0.1, 0.15) is 0 Å². The highest BCUT2D eigenvalue weighted by Gasteiger charge is 2.07. The molecule has 3 nitrogen and oxygen atoms in total. The van der Waals surface area contributed by atoms with Crippen molar-refractivity contribution >= 4 is 11.6 Å². The fourth-order valence-corrected chi connectivity index (χ4v) is 1.43. The molecule has 0 aliphatic rings. The molecule has 1 unspecified atom stereocenters. The predicted octanol–water partition coefficient (Wildman–Crippen LogP) is 2.57. The summed E-state index contributed by atoms with van der Waals surface area (Å²) in [5, 5.41) is 6.03. The van der Waals surface area contributed by atoms with E-state index in [1.165, 1.54) is 0 Å². The van der Waals surface area contributed by atoms with Gasteiger partial charge in [-0.3, -0.25) is 4.79 Å². The molecule has 0 fully saturated rings. The zero-order valence-corrected chi connectivity index (χ0v) is 10.4. The van der Waals surface area contributed by atoms with Gasteiger partial charge >= 0.3 is 0 Å². The van der Waals surface area contributed by atoms with Crippen molar-refractivity contribution in [1.29, 1.82) is 0 Å². The summed E-state index contributed by atoms with van der Waals surface area (Å²) < 4.78 is 0. The monoisotopic (exact) mass is 220 g/mol. The summed E-state index contributed by atoms with van der Waals surface area (Å²) in [5.41, 5.74) is 2.89. The lowest BCUT2D eigenvalue weighted by atomic mass is 10.1. The van der Waals surface area contributed by atoms with Gasteiger partial charge in [0.2, 0.25) is 0 Å². The molecular weight excluding hydrogens is 200 g/mol. The van der Waals surface area contributed by atoms with E-state index in [0.717, 1.165) is 17.7 Å². The molecule has 2 N–H and O–H groups in total. The van der Waals surface area contributed by atoms with Gasteiger partial charge in [0.25, 0.3) is 5.91 Å². The molecular formula is C13H20N2O. The minimum absolute atomic E-state index is 0.0489. The average molecular weight is 220 g/mol. The standard InChI is InChI=1S/C13H20N2O/c1-5-10(3)15-12-8-11(13(16)14-4)7-6-9(12)2/h6-8,10,15H,5H2,1-4H3,(H,14,16). The Kier molecular flexibility index (Phi) is 4.35. The Labute approximate surface area is 97.2 Å². The molecule has 1 rings (SSSR count). The highest BCUT2D eigenvalue weighted by molar-refractivity contribution is 5.95. The molecule has 1 aromatic rings. The number of rotatable bonds is 4. The van der Waals surface area contributed by atoms with Crippen LogP contribution in [0.3, 0.4) is 0 Å². The summed E-state index contributed by atoms with van der Waals surface area (Å²) in [6.07, 6.45) is 1.06. The van der Waals surface area contributed by atoms with Gasteiger partial charge in [0.05, 0.1) is 0 Å². The molecule has 0 aromatic heterocycles. The Morgan fingerprint density at radius 2 is 2.12 bits per heavy atom. The van der Waals surface area contributed by atoms with Crippen LogP contribution in [0.25, 0.3) is 0 Å². The Hall–Kier alpha value is -1.51. The third kappa shape index (κ3) is 2.99. The zero-order valence-electron chi connectivity index (χ0n) is 10.4. The third-order valence-corrected chi connectivity index (χ3v) is 2.74. The van der Waals surface area contributed by atoms with Crippen molar-refractivity contribution in [1.82, 2.24) is 5.32 Å². The highest BCUT2D eigenvalue weighted by atomic mass is 16.1. The number of benzene rings is 1.